The van der Waals surface area contributed by atoms with Crippen molar-refractivity contribution in [3.8, 4) is 11.4 Å². The zero-order valence-corrected chi connectivity index (χ0v) is 14.4. The highest BCUT2D eigenvalue weighted by molar-refractivity contribution is 5.74. The first-order valence-electron chi connectivity index (χ1n) is 9.53. The lowest BCUT2D eigenvalue weighted by Gasteiger charge is -2.28. The van der Waals surface area contributed by atoms with Gasteiger partial charge >= 0.3 is 6.55 Å². The van der Waals surface area contributed by atoms with Gasteiger partial charge in [-0.2, -0.15) is 13.9 Å². The van der Waals surface area contributed by atoms with Crippen LogP contribution in [0.1, 0.15) is 40.7 Å². The molecule has 0 radical (unpaired) electrons. The van der Waals surface area contributed by atoms with Gasteiger partial charge in [-0.15, -0.1) is 9.90 Å². The molecule has 0 amide bonds. The normalized spacial score (nSPS) is 19.5. The van der Waals surface area contributed by atoms with Crippen LogP contribution in [0.2, 0.25) is 0 Å². The van der Waals surface area contributed by atoms with Crippen LogP contribution >= 0.6 is 0 Å². The second-order valence-electron chi connectivity index (χ2n) is 6.64. The number of alkyl halides is 4. The number of nitrogens with zero attached hydrogens (tertiary/aromatic N) is 6. The molecule has 0 bridgehead atoms. The summed E-state index contributed by atoms with van der Waals surface area (Å²) in [4.78, 5) is 8.88. The van der Waals surface area contributed by atoms with Gasteiger partial charge < -0.3 is 4.57 Å². The largest absolute Gasteiger partial charge is 0.348 e. The quantitative estimate of drug-likeness (QED) is 0.632. The van der Waals surface area contributed by atoms with E-state index in [-0.39, 0.29) is 53.2 Å². The number of aryl methyl sites for hydroxylation is 1. The molecule has 10 heteroatoms. The van der Waals surface area contributed by atoms with Crippen LogP contribution in [-0.4, -0.2) is 35.5 Å². The van der Waals surface area contributed by atoms with Gasteiger partial charge in [0.05, 0.1) is 14.6 Å². The Kier molecular flexibility index (Phi) is 3.78. The Bertz CT molecular complexity index is 1040. The summed E-state index contributed by atoms with van der Waals surface area (Å²) in [6.07, 6.45) is 2.22. The number of aromatic nitrogens is 6. The fourth-order valence-electron chi connectivity index (χ4n) is 3.21. The Morgan fingerprint density at radius 2 is 2.04 bits per heavy atom. The summed E-state index contributed by atoms with van der Waals surface area (Å²) in [5.74, 6) is -3.36. The Hall–Kier alpha value is -2.52. The van der Waals surface area contributed by atoms with E-state index in [1.54, 1.807) is 6.07 Å². The van der Waals surface area contributed by atoms with Gasteiger partial charge in [0.15, 0.2) is 5.65 Å². The smallest absolute Gasteiger partial charge is 0.331 e. The van der Waals surface area contributed by atoms with Crippen molar-refractivity contribution in [2.24, 2.45) is 5.92 Å². The summed E-state index contributed by atoms with van der Waals surface area (Å²) in [6.45, 7) is -3.35. The van der Waals surface area contributed by atoms with Crippen LogP contribution in [0.4, 0.5) is 17.6 Å². The molecular weight excluding hydrogens is 364 g/mol. The molecule has 1 aliphatic carbocycles. The molecule has 3 heterocycles. The second kappa shape index (κ2) is 6.58. The van der Waals surface area contributed by atoms with Crippen LogP contribution in [0.25, 0.3) is 22.6 Å². The summed E-state index contributed by atoms with van der Waals surface area (Å²) in [5, 5.41) is 7.38. The minimum Gasteiger partial charge on any atom is -0.331 e. The van der Waals surface area contributed by atoms with Crippen LogP contribution < -0.4 is 0 Å². The van der Waals surface area contributed by atoms with Crippen LogP contribution in [0.15, 0.2) is 18.5 Å². The monoisotopic (exact) mass is 384 g/mol. The van der Waals surface area contributed by atoms with Gasteiger partial charge in [0.1, 0.15) is 16.9 Å². The van der Waals surface area contributed by atoms with Gasteiger partial charge in [0.25, 0.3) is 0 Å². The molecule has 1 aliphatic rings. The van der Waals surface area contributed by atoms with E-state index >= 15 is 0 Å². The number of hydrogen-bond donors (Lipinski definition) is 0. The minimum absolute atomic E-state index is 0.0502. The Morgan fingerprint density at radius 1 is 1.30 bits per heavy atom. The lowest BCUT2D eigenvalue weighted by atomic mass is 9.87. The molecule has 6 nitrogen and oxygen atoms in total. The van der Waals surface area contributed by atoms with Gasteiger partial charge in [0, 0.05) is 25.5 Å². The molecule has 0 atom stereocenters. The maximum absolute atomic E-state index is 13.5. The first-order valence-corrected chi connectivity index (χ1v) is 8.53. The first kappa shape index (κ1) is 15.5. The van der Waals surface area contributed by atoms with E-state index in [2.05, 4.69) is 20.2 Å². The maximum Gasteiger partial charge on any atom is 0.348 e. The molecule has 1 fully saturated rings. The van der Waals surface area contributed by atoms with E-state index < -0.39 is 24.9 Å². The SMILES string of the molecule is [2H]C([2H])(C1CCC(F)(F)CC1)n1ccc2ncc(-c3nn(C(F)F)nc3C)nc21. The van der Waals surface area contributed by atoms with Crippen molar-refractivity contribution in [2.45, 2.75) is 51.6 Å². The molecule has 144 valence electrons. The predicted molar refractivity (Wildman–Crippen MR) is 89.4 cm³/mol. The van der Waals surface area contributed by atoms with E-state index in [1.807, 2.05) is 0 Å². The lowest BCUT2D eigenvalue weighted by molar-refractivity contribution is -0.0472. The predicted octanol–water partition coefficient (Wildman–Crippen LogP) is 4.22. The zero-order chi connectivity index (χ0) is 21.0. The molecule has 1 saturated carbocycles. The van der Waals surface area contributed by atoms with Crippen LogP contribution in [0, 0.1) is 12.8 Å². The molecule has 0 N–H and O–H groups in total. The average Bonchev–Trinajstić information content (AvgIpc) is 3.24. The van der Waals surface area contributed by atoms with Gasteiger partial charge in [-0.05, 0) is 31.7 Å². The minimum atomic E-state index is -2.90. The van der Waals surface area contributed by atoms with Crippen molar-refractivity contribution >= 4 is 11.2 Å². The standard InChI is InChI=1S/C17H18F4N6/c1-10-14(25-27(24-10)16(18)19)13-8-22-12-4-7-26(15(12)23-13)9-11-2-5-17(20,21)6-3-11/h4,7-8,11,16H,2-3,5-6,9H2,1H3/i9D2. The van der Waals surface area contributed by atoms with E-state index in [0.29, 0.717) is 5.52 Å². The first-order chi connectivity index (χ1) is 13.6. The zero-order valence-electron chi connectivity index (χ0n) is 16.4. The lowest BCUT2D eigenvalue weighted by Crippen LogP contribution is -2.26. The molecule has 0 spiro atoms. The van der Waals surface area contributed by atoms with Crippen molar-refractivity contribution in [1.82, 2.24) is 29.5 Å². The van der Waals surface area contributed by atoms with Crippen LogP contribution in [0.3, 0.4) is 0 Å². The Labute approximate surface area is 155 Å². The van der Waals surface area contributed by atoms with Gasteiger partial charge in [0.2, 0.25) is 5.92 Å². The molecule has 3 aromatic heterocycles. The third-order valence-electron chi connectivity index (χ3n) is 4.64. The highest BCUT2D eigenvalue weighted by Gasteiger charge is 2.35. The third kappa shape index (κ3) is 3.52. The van der Waals surface area contributed by atoms with E-state index in [1.165, 1.54) is 23.9 Å². The third-order valence-corrected chi connectivity index (χ3v) is 4.64. The van der Waals surface area contributed by atoms with Crippen molar-refractivity contribution in [1.29, 1.82) is 0 Å². The summed E-state index contributed by atoms with van der Waals surface area (Å²) < 4.78 is 71.1. The molecule has 3 aromatic rings. The Morgan fingerprint density at radius 3 is 2.70 bits per heavy atom. The summed E-state index contributed by atoms with van der Waals surface area (Å²) in [6, 6.07) is 1.57. The molecular formula is C17H18F4N6. The molecule has 0 saturated heterocycles. The fraction of sp³-hybridized carbons (Fsp3) is 0.529. The number of rotatable bonds is 4. The molecule has 0 unspecified atom stereocenters. The summed E-state index contributed by atoms with van der Waals surface area (Å²) >= 11 is 0. The van der Waals surface area contributed by atoms with E-state index in [0.717, 1.165) is 0 Å². The highest BCUT2D eigenvalue weighted by atomic mass is 19.3. The van der Waals surface area contributed by atoms with Gasteiger partial charge in [-0.1, -0.05) is 0 Å². The van der Waals surface area contributed by atoms with E-state index in [9.17, 15) is 17.6 Å². The van der Waals surface area contributed by atoms with Crippen molar-refractivity contribution < 1.29 is 20.3 Å². The van der Waals surface area contributed by atoms with Crippen molar-refractivity contribution in [2.75, 3.05) is 0 Å². The average molecular weight is 384 g/mol. The molecule has 0 aromatic carbocycles. The van der Waals surface area contributed by atoms with Crippen LogP contribution in [-0.2, 0) is 6.50 Å². The topological polar surface area (TPSA) is 61.4 Å². The molecule has 0 aliphatic heterocycles. The maximum atomic E-state index is 13.5. The fourth-order valence-corrected chi connectivity index (χ4v) is 3.21. The number of hydrogen-bond acceptors (Lipinski definition) is 4. The second-order valence-corrected chi connectivity index (χ2v) is 6.64. The molecule has 4 rings (SSSR count). The van der Waals surface area contributed by atoms with Crippen molar-refractivity contribution in [3.05, 3.63) is 24.2 Å². The number of fused-ring (bicyclic) bond motifs is 1. The van der Waals surface area contributed by atoms with Crippen LogP contribution in [0.5, 0.6) is 0 Å². The van der Waals surface area contributed by atoms with E-state index in [4.69, 9.17) is 2.74 Å². The summed E-state index contributed by atoms with van der Waals surface area (Å²) in [5.41, 5.74) is 1.11. The van der Waals surface area contributed by atoms with Gasteiger partial charge in [-0.25, -0.2) is 13.8 Å². The Balaban J connectivity index is 1.72. The highest BCUT2D eigenvalue weighted by Crippen LogP contribution is 2.37. The molecule has 27 heavy (non-hydrogen) atoms. The number of halogens is 4. The summed E-state index contributed by atoms with van der Waals surface area (Å²) in [7, 11) is 0. The van der Waals surface area contributed by atoms with Crippen molar-refractivity contribution in [3.63, 3.8) is 0 Å². The van der Waals surface area contributed by atoms with Gasteiger partial charge in [-0.3, -0.25) is 4.98 Å².